The van der Waals surface area contributed by atoms with E-state index in [4.69, 9.17) is 9.47 Å². The molecule has 0 spiro atoms. The van der Waals surface area contributed by atoms with Gasteiger partial charge < -0.3 is 14.8 Å². The molecule has 0 bridgehead atoms. The van der Waals surface area contributed by atoms with E-state index in [-0.39, 0.29) is 6.10 Å². The van der Waals surface area contributed by atoms with Crippen molar-refractivity contribution in [1.82, 2.24) is 5.32 Å². The first-order valence-corrected chi connectivity index (χ1v) is 7.16. The second-order valence-electron chi connectivity index (χ2n) is 5.09. The molecule has 1 unspecified atom stereocenters. The number of ether oxygens (including phenoxy) is 2. The van der Waals surface area contributed by atoms with Gasteiger partial charge in [0.25, 0.3) is 0 Å². The van der Waals surface area contributed by atoms with Crippen LogP contribution in [-0.2, 0) is 4.74 Å². The fourth-order valence-electron chi connectivity index (χ4n) is 1.87. The lowest BCUT2D eigenvalue weighted by molar-refractivity contribution is 0.0568. The van der Waals surface area contributed by atoms with Crippen molar-refractivity contribution in [3.8, 4) is 5.75 Å². The molecule has 1 N–H and O–H groups in total. The van der Waals surface area contributed by atoms with Crippen LogP contribution in [0.1, 0.15) is 32.8 Å². The molecule has 3 nitrogen and oxygen atoms in total. The molecule has 1 aromatic carbocycles. The summed E-state index contributed by atoms with van der Waals surface area (Å²) in [5, 5.41) is 3.43. The van der Waals surface area contributed by atoms with E-state index in [1.807, 2.05) is 12.1 Å². The van der Waals surface area contributed by atoms with Crippen LogP contribution in [0.25, 0.3) is 0 Å². The first kappa shape index (κ1) is 16.0. The summed E-state index contributed by atoms with van der Waals surface area (Å²) in [6.45, 7) is 10.7. The summed E-state index contributed by atoms with van der Waals surface area (Å²) in [4.78, 5) is 0. The average Bonchev–Trinajstić information content (AvgIpc) is 2.36. The monoisotopic (exact) mass is 265 g/mol. The second kappa shape index (κ2) is 8.94. The molecular formula is C16H27NO2. The summed E-state index contributed by atoms with van der Waals surface area (Å²) in [5.74, 6) is 0.944. The second-order valence-corrected chi connectivity index (χ2v) is 5.09. The standard InChI is InChI=1S/C16H27NO2/c1-5-17-15(12-19-13(2)3)9-10-18-16-8-6-7-14(4)11-16/h6-8,11,13,15,17H,5,9-10,12H2,1-4H3. The highest BCUT2D eigenvalue weighted by molar-refractivity contribution is 5.27. The van der Waals surface area contributed by atoms with Crippen LogP contribution >= 0.6 is 0 Å². The van der Waals surface area contributed by atoms with Crippen LogP contribution in [-0.4, -0.2) is 31.9 Å². The van der Waals surface area contributed by atoms with Gasteiger partial charge in [-0.2, -0.15) is 0 Å². The van der Waals surface area contributed by atoms with Crippen molar-refractivity contribution in [2.45, 2.75) is 46.3 Å². The van der Waals surface area contributed by atoms with E-state index in [0.29, 0.717) is 12.6 Å². The van der Waals surface area contributed by atoms with Gasteiger partial charge in [0.1, 0.15) is 5.75 Å². The number of likely N-dealkylation sites (N-methyl/N-ethyl adjacent to an activating group) is 1. The summed E-state index contributed by atoms with van der Waals surface area (Å²) in [7, 11) is 0. The summed E-state index contributed by atoms with van der Waals surface area (Å²) in [6.07, 6.45) is 1.23. The first-order valence-electron chi connectivity index (χ1n) is 7.16. The van der Waals surface area contributed by atoms with Crippen LogP contribution in [0.3, 0.4) is 0 Å². The van der Waals surface area contributed by atoms with Crippen molar-refractivity contribution in [3.05, 3.63) is 29.8 Å². The number of hydrogen-bond donors (Lipinski definition) is 1. The number of aryl methyl sites for hydroxylation is 1. The van der Waals surface area contributed by atoms with Gasteiger partial charge >= 0.3 is 0 Å². The van der Waals surface area contributed by atoms with E-state index in [9.17, 15) is 0 Å². The molecule has 0 aliphatic carbocycles. The number of nitrogens with one attached hydrogen (secondary N) is 1. The zero-order valence-electron chi connectivity index (χ0n) is 12.6. The zero-order valence-corrected chi connectivity index (χ0v) is 12.6. The fraction of sp³-hybridized carbons (Fsp3) is 0.625. The third-order valence-corrected chi connectivity index (χ3v) is 2.85. The molecule has 0 saturated carbocycles. The minimum absolute atomic E-state index is 0.277. The Morgan fingerprint density at radius 1 is 1.26 bits per heavy atom. The van der Waals surface area contributed by atoms with E-state index in [1.165, 1.54) is 5.56 Å². The molecule has 0 heterocycles. The molecule has 1 aromatic rings. The van der Waals surface area contributed by atoms with Crippen LogP contribution < -0.4 is 10.1 Å². The molecule has 0 aliphatic rings. The number of hydrogen-bond acceptors (Lipinski definition) is 3. The maximum atomic E-state index is 5.77. The molecule has 3 heteroatoms. The highest BCUT2D eigenvalue weighted by atomic mass is 16.5. The Morgan fingerprint density at radius 2 is 2.05 bits per heavy atom. The zero-order chi connectivity index (χ0) is 14.1. The highest BCUT2D eigenvalue weighted by Gasteiger charge is 2.08. The molecule has 1 atom stereocenters. The fourth-order valence-corrected chi connectivity index (χ4v) is 1.87. The van der Waals surface area contributed by atoms with Crippen molar-refractivity contribution in [2.75, 3.05) is 19.8 Å². The Balaban J connectivity index is 2.31. The maximum Gasteiger partial charge on any atom is 0.119 e. The van der Waals surface area contributed by atoms with Crippen LogP contribution in [0.5, 0.6) is 5.75 Å². The van der Waals surface area contributed by atoms with Crippen LogP contribution in [0.15, 0.2) is 24.3 Å². The smallest absolute Gasteiger partial charge is 0.119 e. The van der Waals surface area contributed by atoms with Gasteiger partial charge in [0.2, 0.25) is 0 Å². The van der Waals surface area contributed by atoms with Gasteiger partial charge in [-0.05, 0) is 51.4 Å². The molecule has 0 aromatic heterocycles. The van der Waals surface area contributed by atoms with Crippen molar-refractivity contribution in [3.63, 3.8) is 0 Å². The lowest BCUT2D eigenvalue weighted by atomic mass is 10.2. The van der Waals surface area contributed by atoms with Gasteiger partial charge in [0.15, 0.2) is 0 Å². The minimum atomic E-state index is 0.277. The third-order valence-electron chi connectivity index (χ3n) is 2.85. The minimum Gasteiger partial charge on any atom is -0.494 e. The molecule has 1 rings (SSSR count). The Hall–Kier alpha value is -1.06. The molecule has 0 amide bonds. The van der Waals surface area contributed by atoms with Crippen molar-refractivity contribution >= 4 is 0 Å². The van der Waals surface area contributed by atoms with Crippen molar-refractivity contribution in [2.24, 2.45) is 0 Å². The van der Waals surface area contributed by atoms with Crippen LogP contribution in [0.4, 0.5) is 0 Å². The lowest BCUT2D eigenvalue weighted by Crippen LogP contribution is -2.35. The maximum absolute atomic E-state index is 5.77. The molecule has 0 aliphatic heterocycles. The van der Waals surface area contributed by atoms with E-state index in [0.717, 1.165) is 25.3 Å². The largest absolute Gasteiger partial charge is 0.494 e. The van der Waals surface area contributed by atoms with E-state index < -0.39 is 0 Å². The molecule has 0 saturated heterocycles. The van der Waals surface area contributed by atoms with Gasteiger partial charge in [-0.3, -0.25) is 0 Å². The van der Waals surface area contributed by atoms with Crippen molar-refractivity contribution in [1.29, 1.82) is 0 Å². The number of benzene rings is 1. The van der Waals surface area contributed by atoms with Gasteiger partial charge in [0, 0.05) is 6.04 Å². The van der Waals surface area contributed by atoms with Crippen LogP contribution in [0.2, 0.25) is 0 Å². The molecule has 0 radical (unpaired) electrons. The molecule has 108 valence electrons. The number of rotatable bonds is 9. The summed E-state index contributed by atoms with van der Waals surface area (Å²) < 4.78 is 11.4. The van der Waals surface area contributed by atoms with E-state index in [2.05, 4.69) is 45.1 Å². The van der Waals surface area contributed by atoms with Gasteiger partial charge in [-0.1, -0.05) is 19.1 Å². The van der Waals surface area contributed by atoms with Crippen molar-refractivity contribution < 1.29 is 9.47 Å². The predicted molar refractivity (Wildman–Crippen MR) is 79.8 cm³/mol. The molecule has 19 heavy (non-hydrogen) atoms. The SMILES string of the molecule is CCNC(CCOc1cccc(C)c1)COC(C)C. The average molecular weight is 265 g/mol. The van der Waals surface area contributed by atoms with Gasteiger partial charge in [-0.25, -0.2) is 0 Å². The summed E-state index contributed by atoms with van der Waals surface area (Å²) >= 11 is 0. The summed E-state index contributed by atoms with van der Waals surface area (Å²) in [6, 6.07) is 8.52. The van der Waals surface area contributed by atoms with Crippen LogP contribution in [0, 0.1) is 6.92 Å². The topological polar surface area (TPSA) is 30.5 Å². The summed E-state index contributed by atoms with van der Waals surface area (Å²) in [5.41, 5.74) is 1.23. The molecular weight excluding hydrogens is 238 g/mol. The Morgan fingerprint density at radius 3 is 2.68 bits per heavy atom. The lowest BCUT2D eigenvalue weighted by Gasteiger charge is -2.19. The van der Waals surface area contributed by atoms with Gasteiger partial charge in [-0.15, -0.1) is 0 Å². The first-order chi connectivity index (χ1) is 9.11. The van der Waals surface area contributed by atoms with Gasteiger partial charge in [0.05, 0.1) is 19.3 Å². The van der Waals surface area contributed by atoms with E-state index in [1.54, 1.807) is 0 Å². The molecule has 0 fully saturated rings. The highest BCUT2D eigenvalue weighted by Crippen LogP contribution is 2.12. The Kier molecular flexibility index (Phi) is 7.53. The normalized spacial score (nSPS) is 12.7. The Labute approximate surface area is 117 Å². The Bertz CT molecular complexity index is 352. The predicted octanol–water partition coefficient (Wildman–Crippen LogP) is 3.17. The third kappa shape index (κ3) is 7.19. The quantitative estimate of drug-likeness (QED) is 0.744. The van der Waals surface area contributed by atoms with E-state index >= 15 is 0 Å².